The van der Waals surface area contributed by atoms with Gasteiger partial charge >= 0.3 is 12.1 Å². The van der Waals surface area contributed by atoms with Crippen LogP contribution in [-0.4, -0.2) is 116 Å². The van der Waals surface area contributed by atoms with Crippen LogP contribution in [0.3, 0.4) is 0 Å². The minimum Gasteiger partial charge on any atom is -0.463 e. The van der Waals surface area contributed by atoms with Crippen LogP contribution in [0.4, 0.5) is 4.79 Å². The largest absolute Gasteiger partial charge is 0.463 e. The van der Waals surface area contributed by atoms with Gasteiger partial charge in [-0.25, -0.2) is 9.59 Å². The quantitative estimate of drug-likeness (QED) is 0.0936. The van der Waals surface area contributed by atoms with E-state index < -0.39 is 18.2 Å². The van der Waals surface area contributed by atoms with Crippen molar-refractivity contribution in [3.05, 3.63) is 107 Å². The molecule has 1 aliphatic rings. The van der Waals surface area contributed by atoms with Gasteiger partial charge in [-0.3, -0.25) is 9.80 Å². The topological polar surface area (TPSA) is 91.8 Å². The standard InChI is InChI=1S/C36H46ClN3O6S2/c1-28(35(42)31-11-7-4-8-12-31)38(2)36(43)46-24-26-48-47-25-23-45-33(41)27-44-22-21-39-17-19-40(20-18-39)34(29-9-5-3-6-10-29)30-13-15-32(37)16-14-30/h3-16,28,34-35,42H,17-27H2,1-2H3/t28-,34?,35?/m0/s1. The Labute approximate surface area is 297 Å². The van der Waals surface area contributed by atoms with Crippen LogP contribution in [0.25, 0.3) is 0 Å². The zero-order valence-corrected chi connectivity index (χ0v) is 30.0. The van der Waals surface area contributed by atoms with Gasteiger partial charge in [0.05, 0.1) is 24.8 Å². The Hall–Kier alpha value is -2.77. The molecule has 48 heavy (non-hydrogen) atoms. The molecular weight excluding hydrogens is 670 g/mol. The molecule has 0 bridgehead atoms. The molecule has 4 rings (SSSR count). The fourth-order valence-electron chi connectivity index (χ4n) is 5.41. The lowest BCUT2D eigenvalue weighted by Crippen LogP contribution is -2.48. The summed E-state index contributed by atoms with van der Waals surface area (Å²) in [5.74, 6) is 0.844. The molecule has 1 heterocycles. The number of nitrogens with zero attached hydrogens (tertiary/aromatic N) is 3. The zero-order chi connectivity index (χ0) is 34.1. The lowest BCUT2D eigenvalue weighted by molar-refractivity contribution is -0.148. The number of piperazine rings is 1. The number of carbonyl (C=O) groups excluding carboxylic acids is 2. The van der Waals surface area contributed by atoms with Crippen molar-refractivity contribution >= 4 is 45.3 Å². The second kappa shape index (κ2) is 20.7. The van der Waals surface area contributed by atoms with Gasteiger partial charge in [0.1, 0.15) is 19.8 Å². The molecule has 260 valence electrons. The first kappa shape index (κ1) is 38.0. The van der Waals surface area contributed by atoms with E-state index >= 15 is 0 Å². The highest BCUT2D eigenvalue weighted by Crippen LogP contribution is 2.30. The Morgan fingerprint density at radius 3 is 2.00 bits per heavy atom. The fraction of sp³-hybridized carbons (Fsp3) is 0.444. The summed E-state index contributed by atoms with van der Waals surface area (Å²) in [6, 6.07) is 27.7. The molecule has 9 nitrogen and oxygen atoms in total. The van der Waals surface area contributed by atoms with Gasteiger partial charge < -0.3 is 24.2 Å². The number of likely N-dealkylation sites (N-methyl/N-ethyl adjacent to an activating group) is 1. The molecule has 2 unspecified atom stereocenters. The number of halogens is 1. The van der Waals surface area contributed by atoms with Gasteiger partial charge in [-0.05, 0) is 35.7 Å². The van der Waals surface area contributed by atoms with E-state index in [1.807, 2.05) is 48.5 Å². The molecule has 3 aromatic carbocycles. The summed E-state index contributed by atoms with van der Waals surface area (Å²) in [7, 11) is 4.71. The number of aliphatic hydroxyl groups excluding tert-OH is 1. The van der Waals surface area contributed by atoms with Gasteiger partial charge in [0.2, 0.25) is 0 Å². The highest BCUT2D eigenvalue weighted by molar-refractivity contribution is 8.76. The van der Waals surface area contributed by atoms with Crippen LogP contribution >= 0.6 is 33.2 Å². The van der Waals surface area contributed by atoms with Gasteiger partial charge in [-0.1, -0.05) is 106 Å². The maximum atomic E-state index is 12.4. The third-order valence-electron chi connectivity index (χ3n) is 8.25. The Morgan fingerprint density at radius 2 is 1.38 bits per heavy atom. The summed E-state index contributed by atoms with van der Waals surface area (Å²) in [6.07, 6.45) is -1.28. The number of esters is 1. The number of hydrogen-bond acceptors (Lipinski definition) is 10. The van der Waals surface area contributed by atoms with Gasteiger partial charge in [-0.15, -0.1) is 0 Å². The second-order valence-electron chi connectivity index (χ2n) is 11.5. The molecule has 1 fully saturated rings. The number of aliphatic hydroxyl groups is 1. The predicted octanol–water partition coefficient (Wildman–Crippen LogP) is 6.18. The normalized spacial score (nSPS) is 15.8. The summed E-state index contributed by atoms with van der Waals surface area (Å²) in [4.78, 5) is 30.7. The van der Waals surface area contributed by atoms with Crippen molar-refractivity contribution < 1.29 is 28.9 Å². The average molecular weight is 716 g/mol. The maximum Gasteiger partial charge on any atom is 0.409 e. The van der Waals surface area contributed by atoms with Gasteiger partial charge in [0, 0.05) is 56.3 Å². The van der Waals surface area contributed by atoms with Crippen LogP contribution in [-0.2, 0) is 19.0 Å². The van der Waals surface area contributed by atoms with E-state index in [0.29, 0.717) is 18.1 Å². The summed E-state index contributed by atoms with van der Waals surface area (Å²) in [5.41, 5.74) is 3.25. The minimum atomic E-state index is -0.802. The Morgan fingerprint density at radius 1 is 0.812 bits per heavy atom. The number of carbonyl (C=O) groups is 2. The smallest absolute Gasteiger partial charge is 0.409 e. The average Bonchev–Trinajstić information content (AvgIpc) is 3.12. The summed E-state index contributed by atoms with van der Waals surface area (Å²) in [6.45, 7) is 7.18. The van der Waals surface area contributed by atoms with E-state index in [1.165, 1.54) is 16.0 Å². The molecule has 0 aromatic heterocycles. The first-order chi connectivity index (χ1) is 23.3. The summed E-state index contributed by atoms with van der Waals surface area (Å²) < 4.78 is 16.2. The molecule has 1 aliphatic heterocycles. The van der Waals surface area contributed by atoms with E-state index in [-0.39, 0.29) is 31.8 Å². The Kier molecular flexibility index (Phi) is 16.4. The van der Waals surface area contributed by atoms with Crippen molar-refractivity contribution in [3.63, 3.8) is 0 Å². The molecule has 3 aromatic rings. The van der Waals surface area contributed by atoms with E-state index in [0.717, 1.165) is 43.3 Å². The third kappa shape index (κ3) is 12.3. The van der Waals surface area contributed by atoms with Crippen molar-refractivity contribution in [1.82, 2.24) is 14.7 Å². The van der Waals surface area contributed by atoms with E-state index in [4.69, 9.17) is 25.8 Å². The number of ether oxygens (including phenoxy) is 3. The van der Waals surface area contributed by atoms with Crippen molar-refractivity contribution in [3.8, 4) is 0 Å². The maximum absolute atomic E-state index is 12.4. The van der Waals surface area contributed by atoms with Gasteiger partial charge in [0.15, 0.2) is 0 Å². The van der Waals surface area contributed by atoms with E-state index in [9.17, 15) is 14.7 Å². The number of benzene rings is 3. The molecule has 3 atom stereocenters. The summed E-state index contributed by atoms with van der Waals surface area (Å²) >= 11 is 6.16. The lowest BCUT2D eigenvalue weighted by Gasteiger charge is -2.39. The predicted molar refractivity (Wildman–Crippen MR) is 194 cm³/mol. The summed E-state index contributed by atoms with van der Waals surface area (Å²) in [5, 5.41) is 11.3. The van der Waals surface area contributed by atoms with Crippen molar-refractivity contribution in [2.75, 3.05) is 77.7 Å². The molecular formula is C36H46ClN3O6S2. The van der Waals surface area contributed by atoms with E-state index in [1.54, 1.807) is 35.6 Å². The molecule has 12 heteroatoms. The molecule has 0 spiro atoms. The first-order valence-corrected chi connectivity index (χ1v) is 19.1. The van der Waals surface area contributed by atoms with Crippen LogP contribution in [0.5, 0.6) is 0 Å². The molecule has 0 saturated carbocycles. The zero-order valence-electron chi connectivity index (χ0n) is 27.6. The van der Waals surface area contributed by atoms with Crippen LogP contribution in [0.15, 0.2) is 84.9 Å². The molecule has 0 aliphatic carbocycles. The first-order valence-electron chi connectivity index (χ1n) is 16.2. The van der Waals surface area contributed by atoms with Crippen molar-refractivity contribution in [2.24, 2.45) is 0 Å². The highest BCUT2D eigenvalue weighted by atomic mass is 35.5. The van der Waals surface area contributed by atoms with Crippen LogP contribution < -0.4 is 0 Å². The SMILES string of the molecule is C[C@@H](C(O)c1ccccc1)N(C)C(=O)OCCSSCCOC(=O)COCCN1CCN(C(c2ccccc2)c2ccc(Cl)cc2)CC1. The van der Waals surface area contributed by atoms with Crippen LogP contribution in [0.1, 0.15) is 35.8 Å². The Balaban J connectivity index is 1.01. The van der Waals surface area contributed by atoms with Gasteiger partial charge in [-0.2, -0.15) is 0 Å². The number of hydrogen-bond donors (Lipinski definition) is 1. The fourth-order valence-corrected chi connectivity index (χ4v) is 7.19. The molecule has 1 amide bonds. The number of amides is 1. The number of rotatable bonds is 18. The third-order valence-corrected chi connectivity index (χ3v) is 10.8. The van der Waals surface area contributed by atoms with Crippen LogP contribution in [0, 0.1) is 0 Å². The lowest BCUT2D eigenvalue weighted by atomic mass is 9.96. The second-order valence-corrected chi connectivity index (χ2v) is 14.6. The molecule has 0 radical (unpaired) electrons. The highest BCUT2D eigenvalue weighted by Gasteiger charge is 2.27. The van der Waals surface area contributed by atoms with E-state index in [2.05, 4.69) is 46.2 Å². The van der Waals surface area contributed by atoms with Crippen LogP contribution in [0.2, 0.25) is 5.02 Å². The molecule has 1 N–H and O–H groups in total. The van der Waals surface area contributed by atoms with Gasteiger partial charge in [0.25, 0.3) is 0 Å². The minimum absolute atomic E-state index is 0.0642. The Bertz CT molecular complexity index is 1370. The monoisotopic (exact) mass is 715 g/mol. The molecule has 1 saturated heterocycles. The van der Waals surface area contributed by atoms with Crippen molar-refractivity contribution in [2.45, 2.75) is 25.1 Å². The van der Waals surface area contributed by atoms with Crippen molar-refractivity contribution in [1.29, 1.82) is 0 Å².